The van der Waals surface area contributed by atoms with E-state index < -0.39 is 11.9 Å². The minimum Gasteiger partial charge on any atom is -0.494 e. The van der Waals surface area contributed by atoms with E-state index in [0.29, 0.717) is 29.3 Å². The van der Waals surface area contributed by atoms with Gasteiger partial charge in [0.15, 0.2) is 0 Å². The molecule has 1 aliphatic heterocycles. The first-order valence-corrected chi connectivity index (χ1v) is 12.5. The topological polar surface area (TPSA) is 108 Å². The van der Waals surface area contributed by atoms with Crippen molar-refractivity contribution in [2.75, 3.05) is 6.61 Å². The molecule has 1 aromatic heterocycles. The van der Waals surface area contributed by atoms with Crippen molar-refractivity contribution in [1.82, 2.24) is 0 Å². The second kappa shape index (κ2) is 9.98. The number of aryl methyl sites for hydroxylation is 3. The van der Waals surface area contributed by atoms with E-state index >= 15 is 0 Å². The normalized spacial score (nSPS) is 14.6. The fraction of sp³-hybridized carbons (Fsp3) is 0.226. The first kappa shape index (κ1) is 25.0. The molecule has 0 aliphatic carbocycles. The minimum atomic E-state index is -0.606. The second-order valence-electron chi connectivity index (χ2n) is 9.45. The van der Waals surface area contributed by atoms with E-state index in [4.69, 9.17) is 24.4 Å². The molecule has 7 nitrogen and oxygen atoms in total. The lowest BCUT2D eigenvalue weighted by Gasteiger charge is -2.27. The molecule has 2 heterocycles. The van der Waals surface area contributed by atoms with Gasteiger partial charge in [-0.1, -0.05) is 31.2 Å². The van der Waals surface area contributed by atoms with Crippen LogP contribution in [0.25, 0.3) is 11.0 Å². The third-order valence-corrected chi connectivity index (χ3v) is 6.62. The zero-order chi connectivity index (χ0) is 27.0. The van der Waals surface area contributed by atoms with Crippen LogP contribution in [0.2, 0.25) is 0 Å². The van der Waals surface area contributed by atoms with E-state index in [1.54, 1.807) is 18.2 Å². The number of benzene rings is 3. The van der Waals surface area contributed by atoms with Crippen molar-refractivity contribution < 1.29 is 23.4 Å². The smallest absolute Gasteiger partial charge is 0.379 e. The van der Waals surface area contributed by atoms with E-state index in [2.05, 4.69) is 12.1 Å². The maximum absolute atomic E-state index is 13.1. The van der Waals surface area contributed by atoms with Gasteiger partial charge in [-0.25, -0.2) is 4.79 Å². The Labute approximate surface area is 221 Å². The summed E-state index contributed by atoms with van der Waals surface area (Å²) >= 11 is 0. The summed E-state index contributed by atoms with van der Waals surface area (Å²) in [6.07, 6.45) is 0.884. The number of hydrogen-bond donors (Lipinski definition) is 1. The zero-order valence-corrected chi connectivity index (χ0v) is 21.8. The van der Waals surface area contributed by atoms with Gasteiger partial charge in [-0.05, 0) is 68.1 Å². The predicted octanol–water partition coefficient (Wildman–Crippen LogP) is 6.58. The number of esters is 1. The first-order valence-electron chi connectivity index (χ1n) is 12.5. The number of hydrogen-bond acceptors (Lipinski definition) is 7. The molecule has 0 fully saturated rings. The molecule has 1 atom stereocenters. The van der Waals surface area contributed by atoms with Crippen molar-refractivity contribution >= 4 is 16.9 Å². The van der Waals surface area contributed by atoms with Crippen LogP contribution in [0.1, 0.15) is 57.6 Å². The Morgan fingerprint density at radius 2 is 1.89 bits per heavy atom. The van der Waals surface area contributed by atoms with Crippen molar-refractivity contribution in [1.29, 1.82) is 5.26 Å². The van der Waals surface area contributed by atoms with Crippen LogP contribution < -0.4 is 19.9 Å². The van der Waals surface area contributed by atoms with Crippen molar-refractivity contribution in [3.05, 3.63) is 99.6 Å². The third kappa shape index (κ3) is 4.46. The Hall–Kier alpha value is -4.70. The second-order valence-corrected chi connectivity index (χ2v) is 9.45. The van der Waals surface area contributed by atoms with Gasteiger partial charge in [0.25, 0.3) is 0 Å². The van der Waals surface area contributed by atoms with Gasteiger partial charge in [0, 0.05) is 22.6 Å². The molecule has 0 spiro atoms. The van der Waals surface area contributed by atoms with Gasteiger partial charge >= 0.3 is 5.97 Å². The molecule has 1 aliphatic rings. The van der Waals surface area contributed by atoms with E-state index in [-0.39, 0.29) is 17.4 Å². The Morgan fingerprint density at radius 3 is 2.66 bits per heavy atom. The first-order chi connectivity index (χ1) is 18.3. The molecule has 2 N–H and O–H groups in total. The van der Waals surface area contributed by atoms with Crippen LogP contribution in [0.15, 0.2) is 70.5 Å². The lowest BCUT2D eigenvalue weighted by atomic mass is 9.83. The molecular formula is C31H28N2O5. The highest BCUT2D eigenvalue weighted by Gasteiger charge is 2.31. The largest absolute Gasteiger partial charge is 0.494 e. The Morgan fingerprint density at radius 1 is 1.08 bits per heavy atom. The van der Waals surface area contributed by atoms with Crippen molar-refractivity contribution in [2.24, 2.45) is 5.73 Å². The molecule has 38 heavy (non-hydrogen) atoms. The highest BCUT2D eigenvalue weighted by atomic mass is 16.5. The maximum Gasteiger partial charge on any atom is 0.379 e. The van der Waals surface area contributed by atoms with Gasteiger partial charge in [-0.2, -0.15) is 5.26 Å². The minimum absolute atomic E-state index is 0.00679. The summed E-state index contributed by atoms with van der Waals surface area (Å²) in [5, 5.41) is 10.8. The summed E-state index contributed by atoms with van der Waals surface area (Å²) in [5.41, 5.74) is 11.5. The summed E-state index contributed by atoms with van der Waals surface area (Å²) in [7, 11) is 0. The molecule has 0 saturated carbocycles. The molecule has 0 radical (unpaired) electrons. The molecule has 4 aromatic rings. The SMILES string of the molecule is CCCOc1cccc(C2C(C#N)=C(N)Oc3cc(OC(=O)c4oc5cc(C)cc(C)c5c4C)ccc32)c1. The van der Waals surface area contributed by atoms with Crippen molar-refractivity contribution in [2.45, 2.75) is 40.0 Å². The van der Waals surface area contributed by atoms with Crippen molar-refractivity contribution in [3.8, 4) is 23.3 Å². The predicted molar refractivity (Wildman–Crippen MR) is 143 cm³/mol. The molecule has 7 heteroatoms. The van der Waals surface area contributed by atoms with Crippen LogP contribution in [0.5, 0.6) is 17.2 Å². The van der Waals surface area contributed by atoms with Crippen LogP contribution in [0.4, 0.5) is 0 Å². The van der Waals surface area contributed by atoms with Crippen LogP contribution in [-0.4, -0.2) is 12.6 Å². The van der Waals surface area contributed by atoms with Crippen LogP contribution in [0, 0.1) is 32.1 Å². The number of carbonyl (C=O) groups excluding carboxylic acids is 1. The number of rotatable bonds is 6. The monoisotopic (exact) mass is 508 g/mol. The average molecular weight is 509 g/mol. The Balaban J connectivity index is 1.48. The summed E-state index contributed by atoms with van der Waals surface area (Å²) in [6, 6.07) is 18.8. The van der Waals surface area contributed by atoms with Crippen LogP contribution >= 0.6 is 0 Å². The highest BCUT2D eigenvalue weighted by Crippen LogP contribution is 2.44. The number of nitrogens with two attached hydrogens (primary N) is 1. The fourth-order valence-electron chi connectivity index (χ4n) is 4.98. The maximum atomic E-state index is 13.1. The van der Waals surface area contributed by atoms with Gasteiger partial charge in [-0.3, -0.25) is 0 Å². The number of nitrogens with zero attached hydrogens (tertiary/aromatic N) is 1. The summed E-state index contributed by atoms with van der Waals surface area (Å²) in [4.78, 5) is 13.1. The summed E-state index contributed by atoms with van der Waals surface area (Å²) < 4.78 is 23.2. The molecule has 192 valence electrons. The average Bonchev–Trinajstić information content (AvgIpc) is 3.23. The standard InChI is InChI=1S/C31H28N2O5/c1-5-11-35-21-8-6-7-20(14-21)28-23-10-9-22(15-25(23)38-30(33)24(28)16-32)36-31(34)29-19(4)27-18(3)12-17(2)13-26(27)37-29/h6-10,12-15,28H,5,11,33H2,1-4H3. The molecule has 0 amide bonds. The molecule has 0 bridgehead atoms. The Bertz CT molecular complexity index is 1640. The van der Waals surface area contributed by atoms with Gasteiger partial charge < -0.3 is 24.4 Å². The number of nitriles is 1. The van der Waals surface area contributed by atoms with Crippen LogP contribution in [0.3, 0.4) is 0 Å². The lowest BCUT2D eigenvalue weighted by Crippen LogP contribution is -2.21. The Kier molecular flexibility index (Phi) is 6.56. The number of carbonyl (C=O) groups is 1. The van der Waals surface area contributed by atoms with Crippen LogP contribution in [-0.2, 0) is 0 Å². The molecule has 0 saturated heterocycles. The summed E-state index contributed by atoms with van der Waals surface area (Å²) in [6.45, 7) is 8.45. The number of allylic oxidation sites excluding steroid dienone is 1. The van der Waals surface area contributed by atoms with Crippen molar-refractivity contribution in [3.63, 3.8) is 0 Å². The molecule has 3 aromatic carbocycles. The number of ether oxygens (including phenoxy) is 3. The van der Waals surface area contributed by atoms with Gasteiger partial charge in [0.2, 0.25) is 11.6 Å². The molecular weight excluding hydrogens is 480 g/mol. The molecule has 5 rings (SSSR count). The van der Waals surface area contributed by atoms with Gasteiger partial charge in [-0.15, -0.1) is 0 Å². The van der Waals surface area contributed by atoms with E-state index in [0.717, 1.165) is 39.6 Å². The fourth-order valence-corrected chi connectivity index (χ4v) is 4.98. The molecule has 1 unspecified atom stereocenters. The van der Waals surface area contributed by atoms with Gasteiger partial charge in [0.1, 0.15) is 34.5 Å². The van der Waals surface area contributed by atoms with E-state index in [1.165, 1.54) is 0 Å². The number of fused-ring (bicyclic) bond motifs is 2. The van der Waals surface area contributed by atoms with Gasteiger partial charge in [0.05, 0.1) is 12.5 Å². The van der Waals surface area contributed by atoms with E-state index in [1.807, 2.05) is 58.0 Å². The number of furan rings is 1. The summed E-state index contributed by atoms with van der Waals surface area (Å²) in [5.74, 6) is 0.489. The quantitative estimate of drug-likeness (QED) is 0.231. The zero-order valence-electron chi connectivity index (χ0n) is 21.8. The lowest BCUT2D eigenvalue weighted by molar-refractivity contribution is 0.0702. The highest BCUT2D eigenvalue weighted by molar-refractivity contribution is 5.98. The third-order valence-electron chi connectivity index (χ3n) is 6.62. The van der Waals surface area contributed by atoms with E-state index in [9.17, 15) is 10.1 Å².